The number of aromatic nitrogens is 4. The summed E-state index contributed by atoms with van der Waals surface area (Å²) in [4.78, 5) is 31.5. The second-order valence-electron chi connectivity index (χ2n) is 14.6. The fraction of sp³-hybridized carbons (Fsp3) is 0.600. The number of anilines is 1. The van der Waals surface area contributed by atoms with Crippen LogP contribution < -0.4 is 9.64 Å². The van der Waals surface area contributed by atoms with Gasteiger partial charge in [-0.05, 0) is 81.4 Å². The number of phenolic OH excluding ortho intramolecular Hbond substituents is 1. The predicted octanol–water partition coefficient (Wildman–Crippen LogP) is 3.67. The van der Waals surface area contributed by atoms with Crippen LogP contribution in [0.15, 0.2) is 24.3 Å². The van der Waals surface area contributed by atoms with Crippen molar-refractivity contribution in [1.82, 2.24) is 34.4 Å². The van der Waals surface area contributed by atoms with Gasteiger partial charge in [0, 0.05) is 58.7 Å². The van der Waals surface area contributed by atoms with Crippen LogP contribution in [0.25, 0.3) is 0 Å². The number of likely N-dealkylation sites (N-methyl/N-ethyl adjacent to an activating group) is 1. The Bertz CT molecular complexity index is 1710. The molecular formula is C35H45FN8O3. The van der Waals surface area contributed by atoms with E-state index in [0.29, 0.717) is 50.8 Å². The molecule has 3 atom stereocenters. The van der Waals surface area contributed by atoms with Crippen LogP contribution in [0.3, 0.4) is 0 Å². The molecule has 47 heavy (non-hydrogen) atoms. The summed E-state index contributed by atoms with van der Waals surface area (Å²) >= 11 is 0. The molecule has 1 spiro atoms. The van der Waals surface area contributed by atoms with Gasteiger partial charge < -0.3 is 19.6 Å². The molecule has 0 radical (unpaired) electrons. The van der Waals surface area contributed by atoms with Gasteiger partial charge in [-0.15, -0.1) is 0 Å². The van der Waals surface area contributed by atoms with E-state index in [1.165, 1.54) is 11.1 Å². The lowest BCUT2D eigenvalue weighted by molar-refractivity contribution is 0.0711. The van der Waals surface area contributed by atoms with Gasteiger partial charge in [0.15, 0.2) is 5.69 Å². The summed E-state index contributed by atoms with van der Waals surface area (Å²) in [5.41, 5.74) is 5.33. The van der Waals surface area contributed by atoms with Gasteiger partial charge in [-0.3, -0.25) is 19.3 Å². The monoisotopic (exact) mass is 644 g/mol. The van der Waals surface area contributed by atoms with Crippen molar-refractivity contribution in [3.05, 3.63) is 58.0 Å². The smallest absolute Gasteiger partial charge is 0.318 e. The third-order valence-corrected chi connectivity index (χ3v) is 11.4. The van der Waals surface area contributed by atoms with Gasteiger partial charge in [-0.2, -0.15) is 15.1 Å². The molecule has 6 heterocycles. The van der Waals surface area contributed by atoms with Crippen LogP contribution in [0.2, 0.25) is 0 Å². The summed E-state index contributed by atoms with van der Waals surface area (Å²) in [6, 6.07) is 8.05. The summed E-state index contributed by atoms with van der Waals surface area (Å²) in [7, 11) is 5.66. The van der Waals surface area contributed by atoms with E-state index in [0.717, 1.165) is 80.9 Å². The minimum atomic E-state index is -0.830. The third kappa shape index (κ3) is 5.15. The highest BCUT2D eigenvalue weighted by atomic mass is 19.1. The average molecular weight is 645 g/mol. The molecule has 8 rings (SSSR count). The molecule has 2 saturated heterocycles. The zero-order valence-electron chi connectivity index (χ0n) is 27.7. The highest BCUT2D eigenvalue weighted by molar-refractivity contribution is 5.92. The summed E-state index contributed by atoms with van der Waals surface area (Å²) in [6.07, 6.45) is 6.18. The van der Waals surface area contributed by atoms with E-state index in [2.05, 4.69) is 32.9 Å². The normalized spacial score (nSPS) is 27.2. The first-order chi connectivity index (χ1) is 22.6. The lowest BCUT2D eigenvalue weighted by Crippen LogP contribution is -2.51. The maximum absolute atomic E-state index is 14.6. The van der Waals surface area contributed by atoms with E-state index in [1.54, 1.807) is 25.1 Å². The predicted molar refractivity (Wildman–Crippen MR) is 174 cm³/mol. The fourth-order valence-corrected chi connectivity index (χ4v) is 9.06. The molecule has 11 nitrogen and oxygen atoms in total. The largest absolute Gasteiger partial charge is 0.508 e. The van der Waals surface area contributed by atoms with Gasteiger partial charge in [0.1, 0.15) is 24.3 Å². The van der Waals surface area contributed by atoms with Gasteiger partial charge >= 0.3 is 6.01 Å². The van der Waals surface area contributed by atoms with E-state index >= 15 is 0 Å². The first kappa shape index (κ1) is 30.6. The van der Waals surface area contributed by atoms with Crippen molar-refractivity contribution in [3.8, 4) is 11.8 Å². The van der Waals surface area contributed by atoms with Crippen molar-refractivity contribution in [2.24, 2.45) is 0 Å². The fourth-order valence-electron chi connectivity index (χ4n) is 9.06. The number of hydrogen-bond donors (Lipinski definition) is 1. The summed E-state index contributed by atoms with van der Waals surface area (Å²) in [5, 5.41) is 15.2. The van der Waals surface area contributed by atoms with Crippen LogP contribution in [0.1, 0.15) is 77.1 Å². The van der Waals surface area contributed by atoms with Gasteiger partial charge in [0.25, 0.3) is 5.91 Å². The van der Waals surface area contributed by atoms with Crippen molar-refractivity contribution in [2.45, 2.75) is 88.3 Å². The average Bonchev–Trinajstić information content (AvgIpc) is 3.67. The molecule has 1 amide bonds. The molecule has 0 saturated carbocycles. The van der Waals surface area contributed by atoms with E-state index in [-0.39, 0.29) is 22.7 Å². The molecule has 250 valence electrons. The number of hydrogen-bond acceptors (Lipinski definition) is 9. The van der Waals surface area contributed by atoms with Gasteiger partial charge in [-0.25, -0.2) is 4.39 Å². The second kappa shape index (κ2) is 11.4. The Balaban J connectivity index is 1.18. The molecule has 2 aromatic heterocycles. The van der Waals surface area contributed by atoms with Crippen LogP contribution in [-0.2, 0) is 38.0 Å². The molecule has 1 aromatic carbocycles. The molecule has 4 aliphatic heterocycles. The van der Waals surface area contributed by atoms with Crippen LogP contribution >= 0.6 is 0 Å². The minimum absolute atomic E-state index is 0.110. The van der Waals surface area contributed by atoms with Crippen molar-refractivity contribution in [1.29, 1.82) is 0 Å². The van der Waals surface area contributed by atoms with Crippen LogP contribution in [-0.4, -0.2) is 105 Å². The zero-order chi connectivity index (χ0) is 32.5. The zero-order valence-corrected chi connectivity index (χ0v) is 27.7. The topological polar surface area (TPSA) is 103 Å². The second-order valence-corrected chi connectivity index (χ2v) is 14.6. The lowest BCUT2D eigenvalue weighted by atomic mass is 9.70. The highest BCUT2D eigenvalue weighted by Crippen LogP contribution is 2.48. The first-order valence-corrected chi connectivity index (χ1v) is 17.1. The quantitative estimate of drug-likeness (QED) is 0.446. The molecule has 1 N–H and O–H groups in total. The molecule has 3 aromatic rings. The molecular weight excluding hydrogens is 599 g/mol. The van der Waals surface area contributed by atoms with Crippen LogP contribution in [0, 0.1) is 0 Å². The lowest BCUT2D eigenvalue weighted by Gasteiger charge is -2.49. The first-order valence-electron chi connectivity index (χ1n) is 17.1. The number of carbonyl (C=O) groups excluding carboxylic acids is 1. The Labute approximate surface area is 275 Å². The number of alkyl halides is 1. The van der Waals surface area contributed by atoms with Gasteiger partial charge in [-0.1, -0.05) is 6.07 Å². The molecule has 5 aliphatic rings. The summed E-state index contributed by atoms with van der Waals surface area (Å²) in [5.74, 6) is 1.03. The van der Waals surface area contributed by atoms with Crippen LogP contribution in [0.4, 0.5) is 10.2 Å². The number of ether oxygens (including phenoxy) is 1. The number of nitrogens with zero attached hydrogens (tertiary/aromatic N) is 8. The number of rotatable bonds is 5. The van der Waals surface area contributed by atoms with Gasteiger partial charge in [0.2, 0.25) is 0 Å². The van der Waals surface area contributed by atoms with Crippen molar-refractivity contribution in [3.63, 3.8) is 0 Å². The molecule has 2 fully saturated rings. The Morgan fingerprint density at radius 3 is 2.83 bits per heavy atom. The van der Waals surface area contributed by atoms with Gasteiger partial charge in [0.05, 0.1) is 29.0 Å². The number of aromatic hydroxyl groups is 1. The molecule has 0 bridgehead atoms. The molecule has 12 heteroatoms. The summed E-state index contributed by atoms with van der Waals surface area (Å²) < 4.78 is 23.1. The maximum atomic E-state index is 14.6. The summed E-state index contributed by atoms with van der Waals surface area (Å²) in [6.45, 7) is 4.45. The minimum Gasteiger partial charge on any atom is -0.508 e. The Hall–Kier alpha value is -3.77. The van der Waals surface area contributed by atoms with Crippen molar-refractivity contribution < 1.29 is 19.0 Å². The number of amides is 1. The Morgan fingerprint density at radius 2 is 1.98 bits per heavy atom. The van der Waals surface area contributed by atoms with Crippen molar-refractivity contribution in [2.75, 3.05) is 52.3 Å². The van der Waals surface area contributed by atoms with Crippen molar-refractivity contribution >= 4 is 11.7 Å². The van der Waals surface area contributed by atoms with E-state index < -0.39 is 6.17 Å². The Kier molecular flexibility index (Phi) is 7.43. The maximum Gasteiger partial charge on any atom is 0.318 e. The Morgan fingerprint density at radius 1 is 1.11 bits per heavy atom. The number of benzene rings is 1. The van der Waals surface area contributed by atoms with Crippen LogP contribution in [0.5, 0.6) is 11.8 Å². The number of fused-ring (bicyclic) bond motifs is 5. The number of aryl methyl sites for hydroxylation is 2. The number of carbonyl (C=O) groups is 1. The number of halogens is 1. The van der Waals surface area contributed by atoms with E-state index in [4.69, 9.17) is 14.7 Å². The standard InChI is InChI=1S/C35H45FN8O3/c1-40(2)32(46)29-15-25-20-42(12-6-14-44(25)39-29)31-27-21-41(3)35(11-4-7-23-8-9-26(45)16-28(23)35)18-30(27)37-33(38-31)47-22-34-10-5-13-43(34)19-24(36)17-34/h8-9,15-16,24,45H,4-7,10-14,17-22H2,1-3H3/t24?,34-,35?/m0/s1. The molecule has 2 unspecified atom stereocenters. The SMILES string of the molecule is CN(C)C(=O)c1cc2n(n1)CCCN(c1nc(OC[C@@]34CCCN3CC(F)C4)nc3c1CN(C)C1(CCCc4ccc(O)cc41)C3)C2. The third-order valence-electron chi connectivity index (χ3n) is 11.4. The molecule has 1 aliphatic carbocycles. The highest BCUT2D eigenvalue weighted by Gasteiger charge is 2.50. The van der Waals surface area contributed by atoms with E-state index in [1.807, 2.05) is 16.8 Å². The number of phenols is 1. The van der Waals surface area contributed by atoms with E-state index in [9.17, 15) is 14.3 Å².